The van der Waals surface area contributed by atoms with E-state index in [2.05, 4.69) is 46.0 Å². The van der Waals surface area contributed by atoms with Crippen molar-refractivity contribution in [1.29, 1.82) is 0 Å². The molecular weight excluding hydrogens is 500 g/mol. The van der Waals surface area contributed by atoms with E-state index in [1.807, 2.05) is 0 Å². The van der Waals surface area contributed by atoms with Crippen LogP contribution in [0.3, 0.4) is 0 Å². The molecule has 2 N–H and O–H groups in total. The summed E-state index contributed by atoms with van der Waals surface area (Å²) in [4.78, 5) is 24.3. The minimum absolute atomic E-state index is 0.0847. The van der Waals surface area contributed by atoms with Crippen LogP contribution < -0.4 is 5.32 Å². The second-order valence-electron chi connectivity index (χ2n) is 14.9. The largest absolute Gasteiger partial charge is 0.480 e. The van der Waals surface area contributed by atoms with Crippen LogP contribution in [-0.2, 0) is 14.3 Å². The van der Waals surface area contributed by atoms with Gasteiger partial charge in [-0.1, -0.05) is 65.5 Å². The van der Waals surface area contributed by atoms with Gasteiger partial charge in [-0.2, -0.15) is 0 Å². The fraction of sp³-hybridized carbons (Fsp3) is 0.882. The highest BCUT2D eigenvalue weighted by Gasteiger charge is 2.59. The van der Waals surface area contributed by atoms with Gasteiger partial charge in [-0.3, -0.25) is 14.5 Å². The molecule has 0 spiro atoms. The second kappa shape index (κ2) is 13.3. The molecule has 6 nitrogen and oxygen atoms in total. The Morgan fingerprint density at radius 3 is 2.58 bits per heavy atom. The van der Waals surface area contributed by atoms with Crippen molar-refractivity contribution in [2.24, 2.45) is 46.3 Å². The molecule has 0 aromatic rings. The maximum Gasteiger partial charge on any atom is 0.317 e. The molecule has 0 aromatic heterocycles. The van der Waals surface area contributed by atoms with Gasteiger partial charge in [0.2, 0.25) is 5.91 Å². The number of nitrogens with one attached hydrogen (secondary N) is 1. The number of carbonyl (C=O) groups excluding carboxylic acids is 1. The van der Waals surface area contributed by atoms with Crippen molar-refractivity contribution in [2.45, 2.75) is 111 Å². The number of carbonyl (C=O) groups is 2. The molecular formula is C34H58N2O4. The van der Waals surface area contributed by atoms with Gasteiger partial charge in [-0.05, 0) is 105 Å². The van der Waals surface area contributed by atoms with Crippen molar-refractivity contribution in [1.82, 2.24) is 10.2 Å². The summed E-state index contributed by atoms with van der Waals surface area (Å²) in [6, 6.07) is 0. The lowest BCUT2D eigenvalue weighted by atomic mass is 9.47. The molecule has 4 aliphatic rings. The zero-order valence-corrected chi connectivity index (χ0v) is 26.3. The second-order valence-corrected chi connectivity index (χ2v) is 14.9. The normalized spacial score (nSPS) is 36.0. The fourth-order valence-electron chi connectivity index (χ4n) is 9.80. The molecule has 0 unspecified atom stereocenters. The summed E-state index contributed by atoms with van der Waals surface area (Å²) in [6.45, 7) is 13.5. The highest BCUT2D eigenvalue weighted by Crippen LogP contribution is 2.67. The number of ether oxygens (including phenoxy) is 1. The van der Waals surface area contributed by atoms with Crippen LogP contribution in [-0.4, -0.2) is 61.3 Å². The number of carboxylic acids is 1. The summed E-state index contributed by atoms with van der Waals surface area (Å²) in [6.07, 6.45) is 17.4. The summed E-state index contributed by atoms with van der Waals surface area (Å²) in [5.74, 6) is 4.08. The Hall–Kier alpha value is -1.40. The maximum absolute atomic E-state index is 12.1. The van der Waals surface area contributed by atoms with Crippen molar-refractivity contribution in [3.63, 3.8) is 0 Å². The molecule has 3 fully saturated rings. The smallest absolute Gasteiger partial charge is 0.317 e. The molecule has 8 atom stereocenters. The van der Waals surface area contributed by atoms with Gasteiger partial charge in [-0.25, -0.2) is 0 Å². The first-order chi connectivity index (χ1) is 18.9. The van der Waals surface area contributed by atoms with Gasteiger partial charge in [-0.15, -0.1) is 0 Å². The Bertz CT molecular complexity index is 918. The number of nitrogens with zero attached hydrogens (tertiary/aromatic N) is 1. The van der Waals surface area contributed by atoms with Gasteiger partial charge in [0.25, 0.3) is 0 Å². The first-order valence-corrected chi connectivity index (χ1v) is 16.4. The lowest BCUT2D eigenvalue weighted by Gasteiger charge is -2.58. The van der Waals surface area contributed by atoms with E-state index in [9.17, 15) is 9.59 Å². The van der Waals surface area contributed by atoms with Gasteiger partial charge < -0.3 is 15.2 Å². The summed E-state index contributed by atoms with van der Waals surface area (Å²) in [7, 11) is 1.64. The Labute approximate surface area is 244 Å². The fourth-order valence-corrected chi connectivity index (χ4v) is 9.80. The van der Waals surface area contributed by atoms with E-state index in [1.165, 1.54) is 62.7 Å². The van der Waals surface area contributed by atoms with Crippen molar-refractivity contribution in [3.8, 4) is 0 Å². The Morgan fingerprint density at radius 2 is 1.85 bits per heavy atom. The number of rotatable bonds is 13. The first-order valence-electron chi connectivity index (χ1n) is 16.4. The molecule has 0 aliphatic heterocycles. The average molecular weight is 559 g/mol. The molecule has 4 rings (SSSR count). The summed E-state index contributed by atoms with van der Waals surface area (Å²) in [5, 5.41) is 11.7. The molecule has 0 saturated heterocycles. The zero-order valence-electron chi connectivity index (χ0n) is 26.3. The van der Waals surface area contributed by atoms with E-state index >= 15 is 0 Å². The van der Waals surface area contributed by atoms with Gasteiger partial charge in [0.1, 0.15) is 0 Å². The van der Waals surface area contributed by atoms with E-state index in [0.29, 0.717) is 24.0 Å². The molecule has 0 heterocycles. The van der Waals surface area contributed by atoms with E-state index < -0.39 is 5.97 Å². The van der Waals surface area contributed by atoms with Crippen LogP contribution in [0.25, 0.3) is 0 Å². The number of amides is 1. The third kappa shape index (κ3) is 6.97. The number of aliphatic carboxylic acids is 1. The van der Waals surface area contributed by atoms with Crippen LogP contribution in [0.4, 0.5) is 0 Å². The molecule has 4 aliphatic carbocycles. The molecule has 0 bridgehead atoms. The predicted octanol–water partition coefficient (Wildman–Crippen LogP) is 6.55. The quantitative estimate of drug-likeness (QED) is 0.198. The van der Waals surface area contributed by atoms with Crippen LogP contribution in [0.15, 0.2) is 11.6 Å². The summed E-state index contributed by atoms with van der Waals surface area (Å²) >= 11 is 0. The molecule has 40 heavy (non-hydrogen) atoms. The highest BCUT2D eigenvalue weighted by molar-refractivity contribution is 5.78. The van der Waals surface area contributed by atoms with Crippen LogP contribution in [0.2, 0.25) is 0 Å². The van der Waals surface area contributed by atoms with Gasteiger partial charge in [0, 0.05) is 6.54 Å². The topological polar surface area (TPSA) is 78.9 Å². The maximum atomic E-state index is 12.1. The minimum Gasteiger partial charge on any atom is -0.480 e. The van der Waals surface area contributed by atoms with Crippen LogP contribution >= 0.6 is 0 Å². The van der Waals surface area contributed by atoms with Gasteiger partial charge in [0.15, 0.2) is 0 Å². The minimum atomic E-state index is -0.928. The third-order valence-electron chi connectivity index (χ3n) is 11.9. The van der Waals surface area contributed by atoms with Crippen molar-refractivity contribution in [3.05, 3.63) is 11.6 Å². The lowest BCUT2D eigenvalue weighted by molar-refractivity contribution is -0.138. The number of hydrogen-bond donors (Lipinski definition) is 2. The highest BCUT2D eigenvalue weighted by atomic mass is 16.5. The molecule has 6 heteroatoms. The molecule has 0 aromatic carbocycles. The number of carboxylic acid groups (broad SMARTS) is 1. The standard InChI is InChI=1S/C34H58N2O4/c1-23(2)8-7-9-24(3)28-12-13-29-27-11-10-25-20-26(14-16-33(25,4)30(27)15-17-34(28,29)5)40-19-18-35-31(37)21-36(6)22-32(38)39/h10,23-24,26-30H,7-9,11-22H2,1-6H3,(H,35,37)(H,38,39)/t24-,26+,27+,28-,29+,30+,33+,34-/m1/s1. The van der Waals surface area contributed by atoms with E-state index in [4.69, 9.17) is 9.84 Å². The number of allylic oxidation sites excluding steroid dienone is 1. The molecule has 228 valence electrons. The Morgan fingerprint density at radius 1 is 1.07 bits per heavy atom. The van der Waals surface area contributed by atoms with Crippen LogP contribution in [0.1, 0.15) is 105 Å². The van der Waals surface area contributed by atoms with Crippen molar-refractivity contribution >= 4 is 11.9 Å². The number of likely N-dealkylation sites (N-methyl/N-ethyl adjacent to an activating group) is 1. The SMILES string of the molecule is CC(C)CCC[C@@H](C)[C@H]1CC[C@H]2[C@@H]3CC=C4C[C@@H](OCCNC(=O)CN(C)CC(=O)O)CC[C@]4(C)[C@H]3CC[C@]12C. The molecule has 0 radical (unpaired) electrons. The third-order valence-corrected chi connectivity index (χ3v) is 11.9. The average Bonchev–Trinajstić information content (AvgIpc) is 3.23. The Kier molecular flexibility index (Phi) is 10.5. The van der Waals surface area contributed by atoms with Crippen molar-refractivity contribution < 1.29 is 19.4 Å². The number of hydrogen-bond acceptors (Lipinski definition) is 4. The first kappa shape index (κ1) is 31.5. The van der Waals surface area contributed by atoms with E-state index in [1.54, 1.807) is 12.6 Å². The number of fused-ring (bicyclic) bond motifs is 5. The van der Waals surface area contributed by atoms with Crippen molar-refractivity contribution in [2.75, 3.05) is 33.3 Å². The predicted molar refractivity (Wildman–Crippen MR) is 161 cm³/mol. The molecule has 1 amide bonds. The van der Waals surface area contributed by atoms with E-state index in [0.717, 1.165) is 48.3 Å². The van der Waals surface area contributed by atoms with E-state index in [-0.39, 0.29) is 25.1 Å². The molecule has 3 saturated carbocycles. The van der Waals surface area contributed by atoms with Crippen LogP contribution in [0, 0.1) is 46.3 Å². The summed E-state index contributed by atoms with van der Waals surface area (Å²) in [5.41, 5.74) is 2.51. The monoisotopic (exact) mass is 558 g/mol. The lowest BCUT2D eigenvalue weighted by Crippen LogP contribution is -2.51. The van der Waals surface area contributed by atoms with Gasteiger partial charge >= 0.3 is 5.97 Å². The Balaban J connectivity index is 1.28. The zero-order chi connectivity index (χ0) is 29.1. The summed E-state index contributed by atoms with van der Waals surface area (Å²) < 4.78 is 6.24. The van der Waals surface area contributed by atoms with Gasteiger partial charge in [0.05, 0.1) is 25.8 Å². The van der Waals surface area contributed by atoms with Crippen LogP contribution in [0.5, 0.6) is 0 Å².